The molecule has 5 rings (SSSR count). The molecule has 32 heavy (non-hydrogen) atoms. The number of piperidine rings is 1. The van der Waals surface area contributed by atoms with Gasteiger partial charge in [0.1, 0.15) is 10.6 Å². The minimum Gasteiger partial charge on any atom is -0.495 e. The predicted octanol–water partition coefficient (Wildman–Crippen LogP) is 3.77. The maximum Gasteiger partial charge on any atom is 0.253 e. The molecule has 1 N–H and O–H groups in total. The van der Waals surface area contributed by atoms with Gasteiger partial charge in [-0.05, 0) is 56.0 Å². The standard InChI is InChI=1S/C23H25N3O4S2/c1-30-19-11-8-15(13-21(19)32(28,29)25-17-9-10-17)23(27)26-12-4-5-16(14-26)22-24-18-6-2-3-7-20(18)31-22/h2-3,6-8,11,13,16-17,25H,4-5,9-10,12,14H2,1H3/t16-/m1/s1. The largest absolute Gasteiger partial charge is 0.495 e. The third kappa shape index (κ3) is 4.24. The summed E-state index contributed by atoms with van der Waals surface area (Å²) in [5.74, 6) is 0.255. The minimum absolute atomic E-state index is 0.0116. The molecule has 2 aromatic carbocycles. The molecule has 2 heterocycles. The highest BCUT2D eigenvalue weighted by molar-refractivity contribution is 7.89. The normalized spacial score (nSPS) is 19.3. The zero-order valence-corrected chi connectivity index (χ0v) is 19.4. The van der Waals surface area contributed by atoms with Crippen LogP contribution in [0.1, 0.15) is 47.0 Å². The predicted molar refractivity (Wildman–Crippen MR) is 124 cm³/mol. The SMILES string of the molecule is COc1ccc(C(=O)N2CCC[C@@H](c3nc4ccccc4s3)C2)cc1S(=O)(=O)NC1CC1. The van der Waals surface area contributed by atoms with Crippen molar-refractivity contribution in [3.8, 4) is 5.75 Å². The number of carbonyl (C=O) groups is 1. The number of fused-ring (bicyclic) bond motifs is 1. The van der Waals surface area contributed by atoms with E-state index in [1.54, 1.807) is 23.5 Å². The molecule has 168 valence electrons. The van der Waals surface area contributed by atoms with E-state index in [0.717, 1.165) is 40.9 Å². The van der Waals surface area contributed by atoms with E-state index in [1.807, 2.05) is 23.1 Å². The zero-order valence-electron chi connectivity index (χ0n) is 17.8. The quantitative estimate of drug-likeness (QED) is 0.591. The number of likely N-dealkylation sites (tertiary alicyclic amines) is 1. The number of methoxy groups -OCH3 is 1. The number of nitrogens with one attached hydrogen (secondary N) is 1. The van der Waals surface area contributed by atoms with Crippen molar-refractivity contribution in [1.82, 2.24) is 14.6 Å². The van der Waals surface area contributed by atoms with Crippen molar-refractivity contribution in [2.45, 2.75) is 42.5 Å². The van der Waals surface area contributed by atoms with Gasteiger partial charge in [-0.3, -0.25) is 4.79 Å². The van der Waals surface area contributed by atoms with Crippen LogP contribution in [0.25, 0.3) is 10.2 Å². The van der Waals surface area contributed by atoms with Gasteiger partial charge in [-0.2, -0.15) is 0 Å². The molecule has 1 aliphatic heterocycles. The molecule has 1 aliphatic carbocycles. The summed E-state index contributed by atoms with van der Waals surface area (Å²) in [7, 11) is -2.32. The van der Waals surface area contributed by atoms with Crippen LogP contribution < -0.4 is 9.46 Å². The van der Waals surface area contributed by atoms with Crippen molar-refractivity contribution in [2.75, 3.05) is 20.2 Å². The second kappa shape index (κ2) is 8.46. The molecule has 9 heteroatoms. The average Bonchev–Trinajstić information content (AvgIpc) is 3.50. The van der Waals surface area contributed by atoms with E-state index in [4.69, 9.17) is 9.72 Å². The fourth-order valence-electron chi connectivity index (χ4n) is 4.11. The van der Waals surface area contributed by atoms with Gasteiger partial charge in [0.2, 0.25) is 10.0 Å². The lowest BCUT2D eigenvalue weighted by Crippen LogP contribution is -2.39. The van der Waals surface area contributed by atoms with Crippen LogP contribution in [0.5, 0.6) is 5.75 Å². The van der Waals surface area contributed by atoms with Crippen LogP contribution in [0.3, 0.4) is 0 Å². The summed E-state index contributed by atoms with van der Waals surface area (Å²) >= 11 is 1.68. The Bertz CT molecular complexity index is 1230. The van der Waals surface area contributed by atoms with Crippen molar-refractivity contribution in [2.24, 2.45) is 0 Å². The first-order valence-electron chi connectivity index (χ1n) is 10.8. The Kier molecular flexibility index (Phi) is 5.65. The molecule has 7 nitrogen and oxygen atoms in total. The van der Waals surface area contributed by atoms with Crippen LogP contribution in [0.2, 0.25) is 0 Å². The number of nitrogens with zero attached hydrogens (tertiary/aromatic N) is 2. The molecular weight excluding hydrogens is 446 g/mol. The van der Waals surface area contributed by atoms with E-state index in [2.05, 4.69) is 10.8 Å². The van der Waals surface area contributed by atoms with Gasteiger partial charge in [0, 0.05) is 30.6 Å². The van der Waals surface area contributed by atoms with Crippen molar-refractivity contribution >= 4 is 37.5 Å². The van der Waals surface area contributed by atoms with Crippen LogP contribution in [-0.4, -0.2) is 50.5 Å². The fourth-order valence-corrected chi connectivity index (χ4v) is 6.71. The number of ether oxygens (including phenoxy) is 1. The van der Waals surface area contributed by atoms with E-state index in [-0.39, 0.29) is 28.5 Å². The summed E-state index contributed by atoms with van der Waals surface area (Å²) in [5, 5.41) is 1.05. The highest BCUT2D eigenvalue weighted by Crippen LogP contribution is 2.34. The first-order valence-corrected chi connectivity index (χ1v) is 13.1. The van der Waals surface area contributed by atoms with Crippen LogP contribution in [0, 0.1) is 0 Å². The van der Waals surface area contributed by atoms with E-state index in [0.29, 0.717) is 18.7 Å². The van der Waals surface area contributed by atoms with Gasteiger partial charge in [0.05, 0.1) is 22.3 Å². The number of para-hydroxylation sites is 1. The van der Waals surface area contributed by atoms with Crippen LogP contribution in [0.4, 0.5) is 0 Å². The van der Waals surface area contributed by atoms with Gasteiger partial charge in [-0.25, -0.2) is 18.1 Å². The number of aromatic nitrogens is 1. The topological polar surface area (TPSA) is 88.6 Å². The third-order valence-electron chi connectivity index (χ3n) is 5.97. The lowest BCUT2D eigenvalue weighted by atomic mass is 9.98. The van der Waals surface area contributed by atoms with Gasteiger partial charge < -0.3 is 9.64 Å². The fraction of sp³-hybridized carbons (Fsp3) is 0.391. The highest BCUT2D eigenvalue weighted by Gasteiger charge is 2.32. The van der Waals surface area contributed by atoms with Gasteiger partial charge in [0.15, 0.2) is 0 Å². The molecule has 0 unspecified atom stereocenters. The summed E-state index contributed by atoms with van der Waals surface area (Å²) in [4.78, 5) is 19.9. The van der Waals surface area contributed by atoms with Gasteiger partial charge in [0.25, 0.3) is 5.91 Å². The van der Waals surface area contributed by atoms with Gasteiger partial charge in [-0.15, -0.1) is 11.3 Å². The summed E-state index contributed by atoms with van der Waals surface area (Å²) < 4.78 is 34.7. The second-order valence-electron chi connectivity index (χ2n) is 8.37. The van der Waals surface area contributed by atoms with Crippen molar-refractivity contribution in [3.63, 3.8) is 0 Å². The Hall–Kier alpha value is -2.49. The maximum absolute atomic E-state index is 13.3. The monoisotopic (exact) mass is 471 g/mol. The third-order valence-corrected chi connectivity index (χ3v) is 8.71. The molecule has 0 radical (unpaired) electrons. The number of hydrogen-bond donors (Lipinski definition) is 1. The van der Waals surface area contributed by atoms with Crippen molar-refractivity contribution in [1.29, 1.82) is 0 Å². The van der Waals surface area contributed by atoms with Gasteiger partial charge >= 0.3 is 0 Å². The number of carbonyl (C=O) groups excluding carboxylic acids is 1. The Morgan fingerprint density at radius 1 is 1.19 bits per heavy atom. The number of benzene rings is 2. The summed E-state index contributed by atoms with van der Waals surface area (Å²) in [6.45, 7) is 1.22. The Labute approximate surface area is 191 Å². The van der Waals surface area contributed by atoms with Crippen molar-refractivity contribution in [3.05, 3.63) is 53.0 Å². The summed E-state index contributed by atoms with van der Waals surface area (Å²) in [6.07, 6.45) is 3.54. The van der Waals surface area contributed by atoms with Crippen LogP contribution in [0.15, 0.2) is 47.4 Å². The van der Waals surface area contributed by atoms with E-state index in [9.17, 15) is 13.2 Å². The van der Waals surface area contributed by atoms with E-state index < -0.39 is 10.0 Å². The molecule has 1 saturated carbocycles. The number of hydrogen-bond acceptors (Lipinski definition) is 6. The Morgan fingerprint density at radius 2 is 2.00 bits per heavy atom. The maximum atomic E-state index is 13.3. The molecule has 1 amide bonds. The first kappa shape index (κ1) is 21.4. The molecule has 1 atom stereocenters. The lowest BCUT2D eigenvalue weighted by molar-refractivity contribution is 0.0707. The molecule has 2 fully saturated rings. The van der Waals surface area contributed by atoms with E-state index in [1.165, 1.54) is 13.2 Å². The number of rotatable bonds is 6. The molecule has 0 spiro atoms. The van der Waals surface area contributed by atoms with Gasteiger partial charge in [-0.1, -0.05) is 12.1 Å². The molecule has 1 aromatic heterocycles. The smallest absolute Gasteiger partial charge is 0.253 e. The molecule has 2 aliphatic rings. The zero-order chi connectivity index (χ0) is 22.3. The van der Waals surface area contributed by atoms with Crippen molar-refractivity contribution < 1.29 is 17.9 Å². The Balaban J connectivity index is 1.39. The number of amides is 1. The minimum atomic E-state index is -3.75. The van der Waals surface area contributed by atoms with Crippen LogP contribution in [-0.2, 0) is 10.0 Å². The average molecular weight is 472 g/mol. The van der Waals surface area contributed by atoms with E-state index >= 15 is 0 Å². The molecule has 1 saturated heterocycles. The molecular formula is C23H25N3O4S2. The highest BCUT2D eigenvalue weighted by atomic mass is 32.2. The summed E-state index contributed by atoms with van der Waals surface area (Å²) in [6, 6.07) is 12.7. The first-order chi connectivity index (χ1) is 15.4. The second-order valence-corrected chi connectivity index (χ2v) is 11.1. The number of thiazole rings is 1. The molecule has 0 bridgehead atoms. The number of sulfonamides is 1. The van der Waals surface area contributed by atoms with Crippen LogP contribution >= 0.6 is 11.3 Å². The molecule has 3 aromatic rings. The Morgan fingerprint density at radius 3 is 2.75 bits per heavy atom. The lowest BCUT2D eigenvalue weighted by Gasteiger charge is -2.32. The summed E-state index contributed by atoms with van der Waals surface area (Å²) in [5.41, 5.74) is 1.34.